The smallest absolute Gasteiger partial charge is 0.274 e. The fourth-order valence-corrected chi connectivity index (χ4v) is 2.66. The van der Waals surface area contributed by atoms with Crippen molar-refractivity contribution in [2.24, 2.45) is 0 Å². The largest absolute Gasteiger partial charge is 0.381 e. The number of hydrogen-bond donors (Lipinski definition) is 2. The van der Waals surface area contributed by atoms with E-state index in [1.807, 2.05) is 32.0 Å². The van der Waals surface area contributed by atoms with E-state index in [9.17, 15) is 9.18 Å². The van der Waals surface area contributed by atoms with Crippen LogP contribution in [0.25, 0.3) is 0 Å². The molecule has 0 aliphatic rings. The molecule has 1 amide bonds. The van der Waals surface area contributed by atoms with Crippen molar-refractivity contribution >= 4 is 17.3 Å². The molecule has 132 valence electrons. The Labute approximate surface area is 152 Å². The number of nitrogens with zero attached hydrogens (tertiary/aromatic N) is 1. The Balaban J connectivity index is 1.70. The van der Waals surface area contributed by atoms with E-state index in [4.69, 9.17) is 0 Å². The van der Waals surface area contributed by atoms with Crippen molar-refractivity contribution in [2.45, 2.75) is 20.4 Å². The van der Waals surface area contributed by atoms with Crippen LogP contribution in [0.15, 0.2) is 60.8 Å². The first kappa shape index (κ1) is 17.6. The number of rotatable bonds is 5. The number of halogens is 1. The summed E-state index contributed by atoms with van der Waals surface area (Å²) in [6, 6.07) is 15.6. The van der Waals surface area contributed by atoms with Crippen molar-refractivity contribution in [3.63, 3.8) is 0 Å². The summed E-state index contributed by atoms with van der Waals surface area (Å²) < 4.78 is 13.0. The molecule has 0 unspecified atom stereocenters. The number of pyridine rings is 1. The predicted octanol–water partition coefficient (Wildman–Crippen LogP) is 4.70. The van der Waals surface area contributed by atoms with Gasteiger partial charge in [-0.25, -0.2) is 4.39 Å². The Bertz CT molecular complexity index is 903. The van der Waals surface area contributed by atoms with E-state index in [0.29, 0.717) is 12.2 Å². The molecule has 4 nitrogen and oxygen atoms in total. The molecule has 0 bridgehead atoms. The number of aromatic nitrogens is 1. The van der Waals surface area contributed by atoms with Gasteiger partial charge in [-0.1, -0.05) is 30.3 Å². The number of para-hydroxylation sites is 1. The molecule has 3 aromatic rings. The Morgan fingerprint density at radius 3 is 2.42 bits per heavy atom. The van der Waals surface area contributed by atoms with Gasteiger partial charge < -0.3 is 10.6 Å². The minimum atomic E-state index is -0.261. The summed E-state index contributed by atoms with van der Waals surface area (Å²) in [6.07, 6.45) is 1.59. The van der Waals surface area contributed by atoms with Crippen molar-refractivity contribution in [1.82, 2.24) is 4.98 Å². The third-order valence-corrected chi connectivity index (χ3v) is 4.12. The van der Waals surface area contributed by atoms with Gasteiger partial charge in [0.25, 0.3) is 5.91 Å². The maximum Gasteiger partial charge on any atom is 0.274 e. The molecule has 1 aromatic heterocycles. The van der Waals surface area contributed by atoms with Gasteiger partial charge in [0.15, 0.2) is 0 Å². The summed E-state index contributed by atoms with van der Waals surface area (Å²) in [4.78, 5) is 16.7. The molecular formula is C21H20FN3O. The molecule has 2 aromatic carbocycles. The van der Waals surface area contributed by atoms with Gasteiger partial charge >= 0.3 is 0 Å². The maximum atomic E-state index is 13.0. The highest BCUT2D eigenvalue weighted by Gasteiger charge is 2.11. The van der Waals surface area contributed by atoms with E-state index >= 15 is 0 Å². The first-order valence-electron chi connectivity index (χ1n) is 8.35. The lowest BCUT2D eigenvalue weighted by molar-refractivity contribution is 0.102. The maximum absolute atomic E-state index is 13.0. The lowest BCUT2D eigenvalue weighted by Crippen LogP contribution is -2.15. The van der Waals surface area contributed by atoms with Gasteiger partial charge in [0.05, 0.1) is 0 Å². The number of aryl methyl sites for hydroxylation is 2. The number of hydrogen-bond acceptors (Lipinski definition) is 3. The Hall–Kier alpha value is -3.21. The molecule has 5 heteroatoms. The summed E-state index contributed by atoms with van der Waals surface area (Å²) in [7, 11) is 0. The zero-order chi connectivity index (χ0) is 18.5. The Morgan fingerprint density at radius 1 is 1.04 bits per heavy atom. The SMILES string of the molecule is Cc1cccc(C)c1NC(=O)c1cc(NCc2ccc(F)cc2)ccn1. The molecule has 1 heterocycles. The van der Waals surface area contributed by atoms with Crippen molar-refractivity contribution in [3.05, 3.63) is 89.0 Å². The van der Waals surface area contributed by atoms with Crippen LogP contribution in [-0.4, -0.2) is 10.9 Å². The predicted molar refractivity (Wildman–Crippen MR) is 102 cm³/mol. The fraction of sp³-hybridized carbons (Fsp3) is 0.143. The second-order valence-corrected chi connectivity index (χ2v) is 6.13. The lowest BCUT2D eigenvalue weighted by atomic mass is 10.1. The molecule has 0 fully saturated rings. The highest BCUT2D eigenvalue weighted by atomic mass is 19.1. The van der Waals surface area contributed by atoms with Crippen LogP contribution < -0.4 is 10.6 Å². The normalized spacial score (nSPS) is 10.4. The highest BCUT2D eigenvalue weighted by Crippen LogP contribution is 2.20. The van der Waals surface area contributed by atoms with Crippen molar-refractivity contribution in [3.8, 4) is 0 Å². The Kier molecular flexibility index (Phi) is 5.27. The van der Waals surface area contributed by atoms with E-state index in [1.165, 1.54) is 12.1 Å². The van der Waals surface area contributed by atoms with E-state index in [1.54, 1.807) is 30.5 Å². The van der Waals surface area contributed by atoms with Gasteiger partial charge in [0.2, 0.25) is 0 Å². The van der Waals surface area contributed by atoms with E-state index in [-0.39, 0.29) is 11.7 Å². The number of benzene rings is 2. The number of amides is 1. The molecule has 0 aliphatic carbocycles. The van der Waals surface area contributed by atoms with Gasteiger partial charge in [-0.3, -0.25) is 9.78 Å². The molecule has 3 rings (SSSR count). The van der Waals surface area contributed by atoms with Crippen LogP contribution in [0.1, 0.15) is 27.2 Å². The van der Waals surface area contributed by atoms with Crippen LogP contribution in [0.3, 0.4) is 0 Å². The number of anilines is 2. The van der Waals surface area contributed by atoms with Crippen LogP contribution >= 0.6 is 0 Å². The molecule has 0 spiro atoms. The second-order valence-electron chi connectivity index (χ2n) is 6.13. The van der Waals surface area contributed by atoms with Crippen LogP contribution in [-0.2, 0) is 6.54 Å². The molecule has 2 N–H and O–H groups in total. The zero-order valence-electron chi connectivity index (χ0n) is 14.7. The number of nitrogens with one attached hydrogen (secondary N) is 2. The minimum absolute atomic E-state index is 0.257. The van der Waals surface area contributed by atoms with Crippen LogP contribution in [0.4, 0.5) is 15.8 Å². The summed E-state index contributed by atoms with van der Waals surface area (Å²) in [5, 5.41) is 6.15. The molecular weight excluding hydrogens is 329 g/mol. The summed E-state index contributed by atoms with van der Waals surface area (Å²) in [5.41, 5.74) is 4.87. The van der Waals surface area contributed by atoms with Gasteiger partial charge in [-0.05, 0) is 54.8 Å². The zero-order valence-corrected chi connectivity index (χ0v) is 14.7. The summed E-state index contributed by atoms with van der Waals surface area (Å²) >= 11 is 0. The quantitative estimate of drug-likeness (QED) is 0.702. The van der Waals surface area contributed by atoms with Crippen LogP contribution in [0, 0.1) is 19.7 Å². The van der Waals surface area contributed by atoms with Gasteiger partial charge in [0, 0.05) is 24.1 Å². The van der Waals surface area contributed by atoms with Gasteiger partial charge in [-0.2, -0.15) is 0 Å². The number of carbonyl (C=O) groups excluding carboxylic acids is 1. The topological polar surface area (TPSA) is 54.0 Å². The van der Waals surface area contributed by atoms with Crippen LogP contribution in [0.2, 0.25) is 0 Å². The van der Waals surface area contributed by atoms with E-state index in [0.717, 1.165) is 28.1 Å². The van der Waals surface area contributed by atoms with E-state index < -0.39 is 0 Å². The molecule has 26 heavy (non-hydrogen) atoms. The van der Waals surface area contributed by atoms with Gasteiger partial charge in [-0.15, -0.1) is 0 Å². The third-order valence-electron chi connectivity index (χ3n) is 4.12. The van der Waals surface area contributed by atoms with Crippen molar-refractivity contribution in [1.29, 1.82) is 0 Å². The first-order valence-corrected chi connectivity index (χ1v) is 8.35. The minimum Gasteiger partial charge on any atom is -0.381 e. The summed E-state index contributed by atoms with van der Waals surface area (Å²) in [6.45, 7) is 4.44. The fourth-order valence-electron chi connectivity index (χ4n) is 2.66. The third kappa shape index (κ3) is 4.25. The van der Waals surface area contributed by atoms with E-state index in [2.05, 4.69) is 15.6 Å². The Morgan fingerprint density at radius 2 is 1.73 bits per heavy atom. The average molecular weight is 349 g/mol. The highest BCUT2D eigenvalue weighted by molar-refractivity contribution is 6.04. The summed E-state index contributed by atoms with van der Waals surface area (Å²) in [5.74, 6) is -0.518. The standard InChI is InChI=1S/C21H20FN3O/c1-14-4-3-5-15(2)20(14)25-21(26)19-12-18(10-11-23-19)24-13-16-6-8-17(22)9-7-16/h3-12H,13H2,1-2H3,(H,23,24)(H,25,26). The van der Waals surface area contributed by atoms with Gasteiger partial charge in [0.1, 0.15) is 11.5 Å². The molecule has 0 radical (unpaired) electrons. The average Bonchev–Trinajstić information content (AvgIpc) is 2.64. The number of carbonyl (C=O) groups is 1. The monoisotopic (exact) mass is 349 g/mol. The van der Waals surface area contributed by atoms with Crippen molar-refractivity contribution in [2.75, 3.05) is 10.6 Å². The molecule has 0 saturated carbocycles. The first-order chi connectivity index (χ1) is 12.5. The molecule has 0 saturated heterocycles. The lowest BCUT2D eigenvalue weighted by Gasteiger charge is -2.12. The molecule has 0 atom stereocenters. The van der Waals surface area contributed by atoms with Crippen molar-refractivity contribution < 1.29 is 9.18 Å². The second kappa shape index (κ2) is 7.78. The van der Waals surface area contributed by atoms with Crippen LogP contribution in [0.5, 0.6) is 0 Å². The molecule has 0 aliphatic heterocycles.